The Kier molecular flexibility index (Phi) is 11.8. The Hall–Kier alpha value is -2.05. The Bertz CT molecular complexity index is 1420. The summed E-state index contributed by atoms with van der Waals surface area (Å²) >= 11 is 0. The molecular weight excluding hydrogens is 558 g/mol. The molecule has 0 radical (unpaired) electrons. The van der Waals surface area contributed by atoms with E-state index in [4.69, 9.17) is 0 Å². The number of hydrogen-bond acceptors (Lipinski definition) is 6. The summed E-state index contributed by atoms with van der Waals surface area (Å²) in [7, 11) is -3.92. The monoisotopic (exact) mass is 594 g/mol. The fraction of sp³-hybridized carbons (Fsp3) is 0.433. The Labute approximate surface area is 263 Å². The fourth-order valence-corrected chi connectivity index (χ4v) is 7.58. The molecule has 0 amide bonds. The number of nitrogens with zero attached hydrogens (tertiary/aromatic N) is 2. The van der Waals surface area contributed by atoms with Gasteiger partial charge in [-0.15, -0.1) is 0 Å². The molecule has 216 valence electrons. The number of hydrogen-bond donors (Lipinski definition) is 2. The molecule has 2 N–H and O–H groups in total. The summed E-state index contributed by atoms with van der Waals surface area (Å²) in [6, 6.07) is 15.1. The third kappa shape index (κ3) is 7.67. The summed E-state index contributed by atoms with van der Waals surface area (Å²) in [6.07, 6.45) is -1.37. The number of benzene rings is 2. The van der Waals surface area contributed by atoms with Crippen LogP contribution in [0.15, 0.2) is 59.5 Å². The second kappa shape index (κ2) is 14.4. The molecule has 2 aromatic carbocycles. The van der Waals surface area contributed by atoms with Crippen molar-refractivity contribution >= 4 is 16.0 Å². The molecule has 1 fully saturated rings. The smallest absolute Gasteiger partial charge is 0.550 e. The van der Waals surface area contributed by atoms with Crippen molar-refractivity contribution in [1.29, 1.82) is 0 Å². The average Bonchev–Trinajstić information content (AvgIpc) is 3.56. The van der Waals surface area contributed by atoms with Gasteiger partial charge in [0, 0.05) is 43.3 Å². The number of halogens is 1. The molecule has 3 aromatic rings. The van der Waals surface area contributed by atoms with Gasteiger partial charge >= 0.3 is 29.6 Å². The van der Waals surface area contributed by atoms with Crippen LogP contribution in [-0.4, -0.2) is 58.8 Å². The van der Waals surface area contributed by atoms with E-state index in [1.54, 1.807) is 12.1 Å². The molecule has 1 saturated heterocycles. The number of carbonyl (C=O) groups excluding carboxylic acids is 1. The Morgan fingerprint density at radius 3 is 2.15 bits per heavy atom. The molecule has 1 aliphatic rings. The first-order valence-electron chi connectivity index (χ1n) is 13.6. The van der Waals surface area contributed by atoms with E-state index in [1.807, 2.05) is 48.7 Å². The number of sulfonamides is 1. The van der Waals surface area contributed by atoms with Crippen molar-refractivity contribution in [3.63, 3.8) is 0 Å². The summed E-state index contributed by atoms with van der Waals surface area (Å²) in [5, 5.41) is 31.5. The van der Waals surface area contributed by atoms with Gasteiger partial charge in [-0.05, 0) is 67.0 Å². The van der Waals surface area contributed by atoms with E-state index >= 15 is 0 Å². The van der Waals surface area contributed by atoms with Gasteiger partial charge in [0.05, 0.1) is 17.9 Å². The van der Waals surface area contributed by atoms with Gasteiger partial charge in [0.15, 0.2) is 0 Å². The quantitative estimate of drug-likeness (QED) is 0.295. The van der Waals surface area contributed by atoms with Crippen molar-refractivity contribution < 1.29 is 62.5 Å². The zero-order chi connectivity index (χ0) is 29.0. The van der Waals surface area contributed by atoms with E-state index in [1.165, 1.54) is 16.4 Å². The van der Waals surface area contributed by atoms with Gasteiger partial charge in [-0.2, -0.15) is 4.31 Å². The van der Waals surface area contributed by atoms with E-state index in [2.05, 4.69) is 0 Å². The van der Waals surface area contributed by atoms with Crippen LogP contribution in [0, 0.1) is 5.82 Å². The number of carboxylic acid groups (broad SMARTS) is 1. The summed E-state index contributed by atoms with van der Waals surface area (Å²) in [6.45, 7) is 4.88. The molecular formula is C30H36FN2NaO6S. The maximum atomic E-state index is 14.3. The van der Waals surface area contributed by atoms with Crippen LogP contribution >= 0.6 is 0 Å². The van der Waals surface area contributed by atoms with E-state index in [0.29, 0.717) is 41.2 Å². The third-order valence-electron chi connectivity index (χ3n) is 7.28. The van der Waals surface area contributed by atoms with E-state index in [9.17, 15) is 32.9 Å². The molecule has 1 aliphatic heterocycles. The number of aliphatic carboxylic acids is 1. The van der Waals surface area contributed by atoms with E-state index in [0.717, 1.165) is 12.8 Å². The SMILES string of the molecule is CC(C)c1c(S(=O)(=O)N2CCCC2)c(-c2ccccc2)c(-c2ccc(F)cc2)n1CC[C@@H](O)C[C@@H](O)CC(=O)[O-].[Na+]. The maximum absolute atomic E-state index is 14.3. The molecule has 2 heterocycles. The van der Waals surface area contributed by atoms with Crippen molar-refractivity contribution in [3.8, 4) is 22.4 Å². The molecule has 4 rings (SSSR count). The van der Waals surface area contributed by atoms with Crippen LogP contribution in [0.25, 0.3) is 22.4 Å². The maximum Gasteiger partial charge on any atom is 1.00 e. The fourth-order valence-electron chi connectivity index (χ4n) is 5.50. The van der Waals surface area contributed by atoms with Crippen LogP contribution in [0.3, 0.4) is 0 Å². The zero-order valence-corrected chi connectivity index (χ0v) is 26.6. The van der Waals surface area contributed by atoms with E-state index in [-0.39, 0.29) is 59.8 Å². The predicted octanol–water partition coefficient (Wildman–Crippen LogP) is 0.515. The van der Waals surface area contributed by atoms with E-state index < -0.39 is 40.4 Å². The molecule has 0 aliphatic carbocycles. The van der Waals surface area contributed by atoms with Crippen LogP contribution in [-0.2, 0) is 21.4 Å². The van der Waals surface area contributed by atoms with Crippen molar-refractivity contribution in [3.05, 3.63) is 66.1 Å². The Morgan fingerprint density at radius 2 is 1.59 bits per heavy atom. The van der Waals surface area contributed by atoms with Crippen molar-refractivity contribution in [2.75, 3.05) is 13.1 Å². The van der Waals surface area contributed by atoms with Crippen LogP contribution in [0.5, 0.6) is 0 Å². The van der Waals surface area contributed by atoms with Crippen LogP contribution < -0.4 is 34.7 Å². The molecule has 0 saturated carbocycles. The van der Waals surface area contributed by atoms with Crippen molar-refractivity contribution in [1.82, 2.24) is 8.87 Å². The largest absolute Gasteiger partial charge is 1.00 e. The van der Waals surface area contributed by atoms with Gasteiger partial charge < -0.3 is 24.7 Å². The average molecular weight is 595 g/mol. The van der Waals surface area contributed by atoms with Gasteiger partial charge in [0.2, 0.25) is 10.0 Å². The molecule has 2 atom stereocenters. The van der Waals surface area contributed by atoms with Gasteiger partial charge in [0.1, 0.15) is 10.7 Å². The van der Waals surface area contributed by atoms with Crippen LogP contribution in [0.4, 0.5) is 4.39 Å². The number of aliphatic hydroxyl groups is 2. The first-order valence-corrected chi connectivity index (χ1v) is 15.1. The summed E-state index contributed by atoms with van der Waals surface area (Å²) in [4.78, 5) is 11.1. The second-order valence-corrected chi connectivity index (χ2v) is 12.5. The summed E-state index contributed by atoms with van der Waals surface area (Å²) < 4.78 is 46.0. The summed E-state index contributed by atoms with van der Waals surface area (Å²) in [5.41, 5.74) is 3.01. The second-order valence-electron chi connectivity index (χ2n) is 10.6. The Balaban J connectivity index is 0.00000462. The van der Waals surface area contributed by atoms with Crippen molar-refractivity contribution in [2.24, 2.45) is 0 Å². The van der Waals surface area contributed by atoms with Crippen LogP contribution in [0.1, 0.15) is 57.6 Å². The minimum Gasteiger partial charge on any atom is -0.550 e. The molecule has 11 heteroatoms. The molecule has 1 aromatic heterocycles. The predicted molar refractivity (Wildman–Crippen MR) is 148 cm³/mol. The minimum absolute atomic E-state index is 0. The number of carbonyl (C=O) groups is 1. The normalized spacial score (nSPS) is 15.6. The molecule has 0 spiro atoms. The minimum atomic E-state index is -3.92. The van der Waals surface area contributed by atoms with Gasteiger partial charge in [-0.3, -0.25) is 0 Å². The topological polar surface area (TPSA) is 123 Å². The number of carboxylic acids is 1. The van der Waals surface area contributed by atoms with Crippen LogP contribution in [0.2, 0.25) is 0 Å². The van der Waals surface area contributed by atoms with Gasteiger partial charge in [-0.1, -0.05) is 44.2 Å². The van der Waals surface area contributed by atoms with Gasteiger partial charge in [-0.25, -0.2) is 12.8 Å². The Morgan fingerprint density at radius 1 is 0.976 bits per heavy atom. The number of rotatable bonds is 12. The van der Waals surface area contributed by atoms with Gasteiger partial charge in [0.25, 0.3) is 0 Å². The molecule has 41 heavy (non-hydrogen) atoms. The number of aromatic nitrogens is 1. The first kappa shape index (κ1) is 33.5. The third-order valence-corrected chi connectivity index (χ3v) is 9.25. The molecule has 8 nitrogen and oxygen atoms in total. The first-order chi connectivity index (χ1) is 19.0. The number of aliphatic hydroxyl groups excluding tert-OH is 2. The zero-order valence-electron chi connectivity index (χ0n) is 23.8. The molecule has 0 bridgehead atoms. The standard InChI is InChI=1S/C30H37FN2O6S.Na/c1-20(2)28-30(40(38,39)32-15-6-7-16-32)27(21-8-4-3-5-9-21)29(22-10-12-23(31)13-11-22)33(28)17-14-24(34)18-25(35)19-26(36)37;/h3-5,8-13,20,24-25,34-35H,6-7,14-19H2,1-2H3,(H,36,37);/q;+1/p-1/t24-,25-;/m1./s1. The summed E-state index contributed by atoms with van der Waals surface area (Å²) in [5.74, 6) is -2.06. The van der Waals surface area contributed by atoms with Crippen molar-refractivity contribution in [2.45, 2.75) is 75.5 Å². The molecule has 0 unspecified atom stereocenters.